The second-order valence-electron chi connectivity index (χ2n) is 4.10. The van der Waals surface area contributed by atoms with E-state index in [1.165, 1.54) is 0 Å². The van der Waals surface area contributed by atoms with Gasteiger partial charge in [0, 0.05) is 0 Å². The third-order valence-electron chi connectivity index (χ3n) is 2.51. The highest BCUT2D eigenvalue weighted by Gasteiger charge is 2.13. The smallest absolute Gasteiger partial charge is 0.258 e. The summed E-state index contributed by atoms with van der Waals surface area (Å²) < 4.78 is 11.7. The number of nitrogens with zero attached hydrogens (tertiary/aromatic N) is 1. The molecule has 3 N–H and O–H groups in total. The van der Waals surface area contributed by atoms with Gasteiger partial charge in [-0.1, -0.05) is 0 Å². The van der Waals surface area contributed by atoms with E-state index in [1.54, 1.807) is 0 Å². The van der Waals surface area contributed by atoms with E-state index in [-0.39, 0.29) is 19.1 Å². The molecular formula is C14H18BrN3O3. The molecule has 1 rings (SSSR count). The molecule has 0 aliphatic carbocycles. The van der Waals surface area contributed by atoms with Gasteiger partial charge in [-0.25, -0.2) is 0 Å². The third kappa shape index (κ3) is 5.61. The maximum atomic E-state index is 11.5. The largest absolute Gasteiger partial charge is 0.490 e. The maximum absolute atomic E-state index is 11.5. The molecule has 0 radical (unpaired) electrons. The highest BCUT2D eigenvalue weighted by Crippen LogP contribution is 2.37. The number of carbonyl (C=O) groups is 1. The predicted octanol–water partition coefficient (Wildman–Crippen LogP) is 1.37. The highest BCUT2D eigenvalue weighted by atomic mass is 79.9. The van der Waals surface area contributed by atoms with Crippen LogP contribution in [0.4, 0.5) is 0 Å². The Morgan fingerprint density at radius 1 is 1.48 bits per heavy atom. The first-order chi connectivity index (χ1) is 10.1. The molecule has 1 aromatic carbocycles. The van der Waals surface area contributed by atoms with E-state index in [0.717, 1.165) is 12.0 Å². The van der Waals surface area contributed by atoms with E-state index in [0.29, 0.717) is 29.1 Å². The molecule has 0 aliphatic heterocycles. The second kappa shape index (κ2) is 9.21. The lowest BCUT2D eigenvalue weighted by molar-refractivity contribution is -0.122. The number of ether oxygens (including phenoxy) is 2. The molecule has 0 bridgehead atoms. The summed E-state index contributed by atoms with van der Waals surface area (Å²) >= 11 is 3.41. The molecule has 0 heterocycles. The molecule has 114 valence electrons. The number of halogens is 1. The molecule has 0 fully saturated rings. The molecule has 0 spiro atoms. The van der Waals surface area contributed by atoms with Gasteiger partial charge in [0.15, 0.2) is 18.1 Å². The van der Waals surface area contributed by atoms with Crippen LogP contribution in [0.25, 0.3) is 0 Å². The van der Waals surface area contributed by atoms with Crippen molar-refractivity contribution in [2.75, 3.05) is 26.3 Å². The van der Waals surface area contributed by atoms with Crippen molar-refractivity contribution < 1.29 is 14.3 Å². The van der Waals surface area contributed by atoms with Crippen molar-refractivity contribution in [3.8, 4) is 17.6 Å². The zero-order valence-electron chi connectivity index (χ0n) is 11.8. The lowest BCUT2D eigenvalue weighted by Gasteiger charge is -2.15. The minimum atomic E-state index is -0.364. The molecule has 0 atom stereocenters. The molecule has 21 heavy (non-hydrogen) atoms. The first-order valence-electron chi connectivity index (χ1n) is 6.54. The summed E-state index contributed by atoms with van der Waals surface area (Å²) in [6, 6.07) is 5.57. The zero-order valence-corrected chi connectivity index (χ0v) is 13.4. The fourth-order valence-corrected chi connectivity index (χ4v) is 2.27. The van der Waals surface area contributed by atoms with E-state index in [4.69, 9.17) is 20.5 Å². The molecule has 0 aliphatic rings. The summed E-state index contributed by atoms with van der Waals surface area (Å²) in [7, 11) is 0. The Balaban J connectivity index is 2.84. The maximum Gasteiger partial charge on any atom is 0.258 e. The van der Waals surface area contributed by atoms with Crippen LogP contribution < -0.4 is 20.5 Å². The highest BCUT2D eigenvalue weighted by molar-refractivity contribution is 9.10. The summed E-state index contributed by atoms with van der Waals surface area (Å²) in [5.41, 5.74) is 6.57. The summed E-state index contributed by atoms with van der Waals surface area (Å²) in [5.74, 6) is 0.657. The first-order valence-corrected chi connectivity index (χ1v) is 7.33. The lowest BCUT2D eigenvalue weighted by Crippen LogP contribution is -2.29. The molecular weight excluding hydrogens is 338 g/mol. The Hall–Kier alpha value is -1.78. The Bertz CT molecular complexity index is 529. The van der Waals surface area contributed by atoms with Gasteiger partial charge in [0.25, 0.3) is 5.91 Å². The number of hydrogen-bond donors (Lipinski definition) is 2. The Morgan fingerprint density at radius 3 is 2.86 bits per heavy atom. The van der Waals surface area contributed by atoms with Crippen molar-refractivity contribution in [2.45, 2.75) is 13.3 Å². The van der Waals surface area contributed by atoms with Crippen LogP contribution in [0, 0.1) is 11.3 Å². The van der Waals surface area contributed by atoms with Crippen molar-refractivity contribution in [2.24, 2.45) is 5.73 Å². The number of nitrogens with one attached hydrogen (secondary N) is 1. The van der Waals surface area contributed by atoms with Crippen LogP contribution in [-0.4, -0.2) is 32.2 Å². The predicted molar refractivity (Wildman–Crippen MR) is 82.2 cm³/mol. The first kappa shape index (κ1) is 17.3. The number of nitriles is 1. The molecule has 1 amide bonds. The molecule has 7 heteroatoms. The monoisotopic (exact) mass is 355 g/mol. The number of benzene rings is 1. The van der Waals surface area contributed by atoms with Gasteiger partial charge in [0.2, 0.25) is 0 Å². The van der Waals surface area contributed by atoms with Gasteiger partial charge in [0.05, 0.1) is 17.1 Å². The number of hydrogen-bond acceptors (Lipinski definition) is 5. The summed E-state index contributed by atoms with van der Waals surface area (Å²) in [6.45, 7) is 2.66. The Morgan fingerprint density at radius 2 is 2.24 bits per heavy atom. The summed E-state index contributed by atoms with van der Waals surface area (Å²) in [4.78, 5) is 11.5. The fraction of sp³-hybridized carbons (Fsp3) is 0.429. The minimum Gasteiger partial charge on any atom is -0.490 e. The number of carbonyl (C=O) groups excluding carboxylic acids is 1. The van der Waals surface area contributed by atoms with Crippen LogP contribution in [0.15, 0.2) is 16.6 Å². The Labute approximate surface area is 132 Å². The second-order valence-corrected chi connectivity index (χ2v) is 4.95. The third-order valence-corrected chi connectivity index (χ3v) is 3.10. The van der Waals surface area contributed by atoms with Gasteiger partial charge >= 0.3 is 0 Å². The molecule has 6 nitrogen and oxygen atoms in total. The topological polar surface area (TPSA) is 97.4 Å². The van der Waals surface area contributed by atoms with E-state index in [2.05, 4.69) is 21.2 Å². The van der Waals surface area contributed by atoms with Crippen LogP contribution in [0.3, 0.4) is 0 Å². The average Bonchev–Trinajstić information content (AvgIpc) is 2.45. The summed E-state index contributed by atoms with van der Waals surface area (Å²) in [5, 5.41) is 10.8. The fourth-order valence-electron chi connectivity index (χ4n) is 1.66. The van der Waals surface area contributed by atoms with Crippen LogP contribution in [0.1, 0.15) is 12.5 Å². The average molecular weight is 356 g/mol. The van der Waals surface area contributed by atoms with Gasteiger partial charge in [0.1, 0.15) is 6.54 Å². The quantitative estimate of drug-likeness (QED) is 0.686. The van der Waals surface area contributed by atoms with Gasteiger partial charge in [-0.2, -0.15) is 5.26 Å². The SMILES string of the molecule is CCOc1cc(CCN)cc(Br)c1OCC(=O)NCC#N. The van der Waals surface area contributed by atoms with Crippen molar-refractivity contribution in [3.63, 3.8) is 0 Å². The van der Waals surface area contributed by atoms with E-state index >= 15 is 0 Å². The number of amides is 1. The normalized spacial score (nSPS) is 9.81. The molecule has 0 saturated carbocycles. The number of rotatable bonds is 8. The summed E-state index contributed by atoms with van der Waals surface area (Å²) in [6.07, 6.45) is 0.724. The van der Waals surface area contributed by atoms with Crippen molar-refractivity contribution in [3.05, 3.63) is 22.2 Å². The molecule has 0 saturated heterocycles. The molecule has 0 unspecified atom stereocenters. The van der Waals surface area contributed by atoms with Crippen LogP contribution in [-0.2, 0) is 11.2 Å². The standard InChI is InChI=1S/C14H18BrN3O3/c1-2-20-12-8-10(3-4-16)7-11(15)14(12)21-9-13(19)18-6-5-17/h7-8H,2-4,6,9,16H2,1H3,(H,18,19). The molecule has 1 aromatic rings. The van der Waals surface area contributed by atoms with Gasteiger partial charge in [-0.15, -0.1) is 0 Å². The van der Waals surface area contributed by atoms with Crippen molar-refractivity contribution in [1.29, 1.82) is 5.26 Å². The molecule has 0 aromatic heterocycles. The lowest BCUT2D eigenvalue weighted by atomic mass is 10.1. The van der Waals surface area contributed by atoms with Crippen molar-refractivity contribution in [1.82, 2.24) is 5.32 Å². The van der Waals surface area contributed by atoms with Gasteiger partial charge in [-0.05, 0) is 53.5 Å². The van der Waals surface area contributed by atoms with Gasteiger partial charge < -0.3 is 20.5 Å². The zero-order chi connectivity index (χ0) is 15.7. The minimum absolute atomic E-state index is 0.0445. The van der Waals surface area contributed by atoms with Gasteiger partial charge in [-0.3, -0.25) is 4.79 Å². The Kier molecular flexibility index (Phi) is 7.58. The van der Waals surface area contributed by atoms with Crippen LogP contribution in [0.5, 0.6) is 11.5 Å². The van der Waals surface area contributed by atoms with Crippen molar-refractivity contribution >= 4 is 21.8 Å². The van der Waals surface area contributed by atoms with E-state index in [9.17, 15) is 4.79 Å². The van der Waals surface area contributed by atoms with Crippen LogP contribution in [0.2, 0.25) is 0 Å². The van der Waals surface area contributed by atoms with E-state index < -0.39 is 0 Å². The number of nitrogens with two attached hydrogens (primary N) is 1. The van der Waals surface area contributed by atoms with E-state index in [1.807, 2.05) is 25.1 Å². The van der Waals surface area contributed by atoms with Crippen LogP contribution >= 0.6 is 15.9 Å².